The van der Waals surface area contributed by atoms with Gasteiger partial charge in [0.25, 0.3) is 0 Å². The summed E-state index contributed by atoms with van der Waals surface area (Å²) in [6.45, 7) is 2.11. The molecule has 0 aliphatic carbocycles. The number of thiazole rings is 1. The van der Waals surface area contributed by atoms with Crippen molar-refractivity contribution < 1.29 is 4.74 Å². The van der Waals surface area contributed by atoms with Crippen molar-refractivity contribution in [1.29, 1.82) is 0 Å². The van der Waals surface area contributed by atoms with Crippen molar-refractivity contribution in [3.8, 4) is 5.75 Å². The van der Waals surface area contributed by atoms with Crippen molar-refractivity contribution in [3.05, 3.63) is 18.2 Å². The van der Waals surface area contributed by atoms with Gasteiger partial charge in [-0.05, 0) is 51.7 Å². The van der Waals surface area contributed by atoms with Crippen molar-refractivity contribution in [3.63, 3.8) is 0 Å². The van der Waals surface area contributed by atoms with Crippen LogP contribution in [0.2, 0.25) is 0 Å². The number of hydrogen-bond donors (Lipinski definition) is 1. The number of anilines is 1. The largest absolute Gasteiger partial charge is 0.497 e. The Bertz CT molecular complexity index is 524. The molecule has 0 saturated heterocycles. The van der Waals surface area contributed by atoms with Crippen LogP contribution in [0.3, 0.4) is 0 Å². The van der Waals surface area contributed by atoms with Crippen LogP contribution in [-0.4, -0.2) is 44.2 Å². The first-order chi connectivity index (χ1) is 9.19. The molecule has 0 fully saturated rings. The minimum absolute atomic E-state index is 0.883. The van der Waals surface area contributed by atoms with E-state index in [1.165, 1.54) is 6.42 Å². The lowest BCUT2D eigenvalue weighted by molar-refractivity contribution is 0.396. The summed E-state index contributed by atoms with van der Waals surface area (Å²) in [6, 6.07) is 5.98. The minimum Gasteiger partial charge on any atom is -0.497 e. The molecule has 1 aromatic carbocycles. The van der Waals surface area contributed by atoms with Crippen LogP contribution in [0, 0.1) is 0 Å². The maximum atomic E-state index is 5.22. The summed E-state index contributed by atoms with van der Waals surface area (Å²) in [5.74, 6) is 0.883. The fourth-order valence-corrected chi connectivity index (χ4v) is 2.78. The van der Waals surface area contributed by atoms with Gasteiger partial charge in [0.05, 0.1) is 17.3 Å². The molecule has 0 amide bonds. The number of benzene rings is 1. The summed E-state index contributed by atoms with van der Waals surface area (Å²) in [6.07, 6.45) is 2.37. The molecule has 0 atom stereocenters. The van der Waals surface area contributed by atoms with Crippen LogP contribution >= 0.6 is 11.3 Å². The molecule has 104 valence electrons. The van der Waals surface area contributed by atoms with Crippen molar-refractivity contribution in [1.82, 2.24) is 9.88 Å². The van der Waals surface area contributed by atoms with Gasteiger partial charge in [-0.1, -0.05) is 11.3 Å². The first kappa shape index (κ1) is 14.1. The van der Waals surface area contributed by atoms with Crippen LogP contribution < -0.4 is 10.1 Å². The maximum Gasteiger partial charge on any atom is 0.183 e. The lowest BCUT2D eigenvalue weighted by atomic mass is 10.3. The van der Waals surface area contributed by atoms with E-state index < -0.39 is 0 Å². The smallest absolute Gasteiger partial charge is 0.183 e. The highest BCUT2D eigenvalue weighted by Crippen LogP contribution is 2.28. The number of fused-ring (bicyclic) bond motifs is 1. The van der Waals surface area contributed by atoms with Gasteiger partial charge in [-0.15, -0.1) is 0 Å². The average molecular weight is 279 g/mol. The summed E-state index contributed by atoms with van der Waals surface area (Å²) >= 11 is 1.68. The standard InChI is InChI=1S/C14H21N3OS/c1-17(2)9-5-4-8-15-14-16-12-7-6-11(18-3)10-13(12)19-14/h6-7,10H,4-5,8-9H2,1-3H3,(H,15,16). The summed E-state index contributed by atoms with van der Waals surface area (Å²) in [5.41, 5.74) is 1.03. The SMILES string of the molecule is COc1ccc2nc(NCCCCN(C)C)sc2c1. The number of hydrogen-bond acceptors (Lipinski definition) is 5. The molecule has 0 unspecified atom stereocenters. The summed E-state index contributed by atoms with van der Waals surface area (Å²) in [4.78, 5) is 6.77. The second kappa shape index (κ2) is 6.73. The van der Waals surface area contributed by atoms with Gasteiger partial charge in [0.1, 0.15) is 5.75 Å². The van der Waals surface area contributed by atoms with Crippen LogP contribution in [0.1, 0.15) is 12.8 Å². The molecule has 19 heavy (non-hydrogen) atoms. The third kappa shape index (κ3) is 4.08. The fourth-order valence-electron chi connectivity index (χ4n) is 1.86. The van der Waals surface area contributed by atoms with Gasteiger partial charge in [-0.25, -0.2) is 4.98 Å². The summed E-state index contributed by atoms with van der Waals surface area (Å²) in [7, 11) is 5.90. The van der Waals surface area contributed by atoms with Gasteiger partial charge >= 0.3 is 0 Å². The first-order valence-electron chi connectivity index (χ1n) is 6.52. The highest BCUT2D eigenvalue weighted by molar-refractivity contribution is 7.22. The average Bonchev–Trinajstić information content (AvgIpc) is 2.79. The van der Waals surface area contributed by atoms with Gasteiger partial charge < -0.3 is 15.0 Å². The van der Waals surface area contributed by atoms with Crippen molar-refractivity contribution in [2.45, 2.75) is 12.8 Å². The molecule has 2 rings (SSSR count). The molecule has 0 radical (unpaired) electrons. The molecule has 1 N–H and O–H groups in total. The Kier molecular flexibility index (Phi) is 4.99. The summed E-state index contributed by atoms with van der Waals surface area (Å²) < 4.78 is 6.38. The zero-order valence-corrected chi connectivity index (χ0v) is 12.6. The number of rotatable bonds is 7. The van der Waals surface area contributed by atoms with E-state index in [0.29, 0.717) is 0 Å². The van der Waals surface area contributed by atoms with Crippen molar-refractivity contribution in [2.75, 3.05) is 39.6 Å². The van der Waals surface area contributed by atoms with E-state index in [1.54, 1.807) is 18.4 Å². The molecule has 1 heterocycles. The number of unbranched alkanes of at least 4 members (excludes halogenated alkanes) is 1. The third-order valence-corrected chi connectivity index (χ3v) is 3.88. The van der Waals surface area contributed by atoms with Gasteiger partial charge in [-0.2, -0.15) is 0 Å². The Morgan fingerprint density at radius 3 is 2.89 bits per heavy atom. The van der Waals surface area contributed by atoms with E-state index in [9.17, 15) is 0 Å². The monoisotopic (exact) mass is 279 g/mol. The number of ether oxygens (including phenoxy) is 1. The van der Waals surface area contributed by atoms with Crippen molar-refractivity contribution >= 4 is 26.7 Å². The molecule has 0 bridgehead atoms. The normalized spacial score (nSPS) is 11.2. The second-order valence-corrected chi connectivity index (χ2v) is 5.82. The van der Waals surface area contributed by atoms with Crippen LogP contribution in [0.15, 0.2) is 18.2 Å². The van der Waals surface area contributed by atoms with Gasteiger partial charge in [0.2, 0.25) is 0 Å². The van der Waals surface area contributed by atoms with Crippen LogP contribution in [0.4, 0.5) is 5.13 Å². The Hall–Kier alpha value is -1.33. The quantitative estimate of drug-likeness (QED) is 0.790. The number of aromatic nitrogens is 1. The fraction of sp³-hybridized carbons (Fsp3) is 0.500. The van der Waals surface area contributed by atoms with Gasteiger partial charge in [0.15, 0.2) is 5.13 Å². The Morgan fingerprint density at radius 2 is 2.16 bits per heavy atom. The van der Waals surface area contributed by atoms with Crippen molar-refractivity contribution in [2.24, 2.45) is 0 Å². The predicted octanol–water partition coefficient (Wildman–Crippen LogP) is 3.06. The molecule has 2 aromatic rings. The van der Waals surface area contributed by atoms with Crippen LogP contribution in [0.5, 0.6) is 5.75 Å². The maximum absolute atomic E-state index is 5.22. The molecule has 4 nitrogen and oxygen atoms in total. The zero-order valence-electron chi connectivity index (χ0n) is 11.8. The molecule has 0 aliphatic rings. The van der Waals surface area contributed by atoms with Gasteiger partial charge in [0, 0.05) is 6.54 Å². The minimum atomic E-state index is 0.883. The zero-order chi connectivity index (χ0) is 13.7. The Labute approximate surface area is 118 Å². The van der Waals surface area contributed by atoms with E-state index >= 15 is 0 Å². The van der Waals surface area contributed by atoms with E-state index in [-0.39, 0.29) is 0 Å². The lowest BCUT2D eigenvalue weighted by Gasteiger charge is -2.08. The molecule has 0 aliphatic heterocycles. The molecule has 5 heteroatoms. The molecule has 0 saturated carbocycles. The lowest BCUT2D eigenvalue weighted by Crippen LogP contribution is -2.14. The second-order valence-electron chi connectivity index (χ2n) is 4.79. The molecular weight excluding hydrogens is 258 g/mol. The molecule has 1 aromatic heterocycles. The molecular formula is C14H21N3OS. The van der Waals surface area contributed by atoms with Crippen LogP contribution in [-0.2, 0) is 0 Å². The Balaban J connectivity index is 1.87. The number of methoxy groups -OCH3 is 1. The van der Waals surface area contributed by atoms with E-state index in [0.717, 1.165) is 40.6 Å². The highest BCUT2D eigenvalue weighted by Gasteiger charge is 2.04. The number of nitrogens with zero attached hydrogens (tertiary/aromatic N) is 2. The molecule has 0 spiro atoms. The van der Waals surface area contributed by atoms with Gasteiger partial charge in [-0.3, -0.25) is 0 Å². The predicted molar refractivity (Wildman–Crippen MR) is 82.4 cm³/mol. The third-order valence-electron chi connectivity index (χ3n) is 2.90. The highest BCUT2D eigenvalue weighted by atomic mass is 32.1. The number of nitrogens with one attached hydrogen (secondary N) is 1. The van der Waals surface area contributed by atoms with E-state index in [1.807, 2.05) is 18.2 Å². The first-order valence-corrected chi connectivity index (χ1v) is 7.34. The summed E-state index contributed by atoms with van der Waals surface area (Å²) in [5, 5.41) is 4.39. The van der Waals surface area contributed by atoms with Crippen LogP contribution in [0.25, 0.3) is 10.2 Å². The van der Waals surface area contributed by atoms with E-state index in [2.05, 4.69) is 29.3 Å². The topological polar surface area (TPSA) is 37.4 Å². The van der Waals surface area contributed by atoms with E-state index in [4.69, 9.17) is 4.74 Å². The Morgan fingerprint density at radius 1 is 1.32 bits per heavy atom.